The molecule has 2 heterocycles. The number of nitrogens with zero attached hydrogens (tertiary/aromatic N) is 2. The average molecular weight is 413 g/mol. The van der Waals surface area contributed by atoms with E-state index in [-0.39, 0.29) is 16.1 Å². The molecule has 2 aromatic carbocycles. The minimum absolute atomic E-state index is 0.0165. The number of hydrogen-bond donors (Lipinski definition) is 1. The van der Waals surface area contributed by atoms with Crippen LogP contribution < -0.4 is 5.14 Å². The van der Waals surface area contributed by atoms with Crippen molar-refractivity contribution in [3.8, 4) is 22.4 Å². The summed E-state index contributed by atoms with van der Waals surface area (Å²) in [6.45, 7) is 6.16. The molecule has 0 amide bonds. The van der Waals surface area contributed by atoms with Crippen LogP contribution in [0.15, 0.2) is 64.1 Å². The molecule has 0 fully saturated rings. The Morgan fingerprint density at radius 3 is 2.14 bits per heavy atom. The predicted octanol–water partition coefficient (Wildman–Crippen LogP) is 4.35. The number of sulfonamides is 1. The molecule has 0 radical (unpaired) electrons. The van der Waals surface area contributed by atoms with E-state index in [0.717, 1.165) is 11.3 Å². The second kappa shape index (κ2) is 6.53. The van der Waals surface area contributed by atoms with Gasteiger partial charge in [-0.2, -0.15) is 5.10 Å². The molecular weight excluding hydrogens is 393 g/mol. The maximum Gasteiger partial charge on any atom is 0.238 e. The minimum atomic E-state index is -3.79. The Bertz CT molecular complexity index is 1300. The molecule has 0 aliphatic carbocycles. The average Bonchev–Trinajstić information content (AvgIpc) is 3.20. The van der Waals surface area contributed by atoms with Crippen molar-refractivity contribution in [1.82, 2.24) is 9.61 Å². The molecule has 0 aliphatic rings. The molecule has 6 nitrogen and oxygen atoms in total. The second-order valence-corrected chi connectivity index (χ2v) is 9.45. The molecule has 0 aliphatic heterocycles. The van der Waals surface area contributed by atoms with E-state index in [1.165, 1.54) is 24.3 Å². The van der Waals surface area contributed by atoms with Gasteiger partial charge in [-0.25, -0.2) is 22.5 Å². The summed E-state index contributed by atoms with van der Waals surface area (Å²) in [6, 6.07) is 12.2. The van der Waals surface area contributed by atoms with Gasteiger partial charge in [-0.15, -0.1) is 0 Å². The van der Waals surface area contributed by atoms with Crippen molar-refractivity contribution in [2.45, 2.75) is 31.1 Å². The van der Waals surface area contributed by atoms with Crippen molar-refractivity contribution in [2.24, 2.45) is 5.14 Å². The van der Waals surface area contributed by atoms with Crippen LogP contribution in [0.1, 0.15) is 26.5 Å². The van der Waals surface area contributed by atoms with Gasteiger partial charge in [0.1, 0.15) is 17.8 Å². The summed E-state index contributed by atoms with van der Waals surface area (Å²) in [6.07, 6.45) is 1.67. The van der Waals surface area contributed by atoms with E-state index in [9.17, 15) is 12.8 Å². The van der Waals surface area contributed by atoms with Gasteiger partial charge in [0.15, 0.2) is 0 Å². The predicted molar refractivity (Wildman–Crippen MR) is 108 cm³/mol. The van der Waals surface area contributed by atoms with Crippen LogP contribution in [0.4, 0.5) is 4.39 Å². The van der Waals surface area contributed by atoms with Crippen LogP contribution in [0.3, 0.4) is 0 Å². The Kier molecular flexibility index (Phi) is 4.36. The standard InChI is InChI=1S/C21H20FN3O3S/c1-21(2,3)17-12-28-20-18(13-4-8-15(22)9-5-13)19(24-25(17)20)14-6-10-16(11-7-14)29(23,26)27/h4-12H,1-3H3,(H2,23,26,27). The topological polar surface area (TPSA) is 90.6 Å². The smallest absolute Gasteiger partial charge is 0.238 e. The summed E-state index contributed by atoms with van der Waals surface area (Å²) in [5, 5.41) is 9.94. The van der Waals surface area contributed by atoms with E-state index in [2.05, 4.69) is 20.8 Å². The molecule has 0 atom stereocenters. The van der Waals surface area contributed by atoms with Crippen LogP contribution in [0, 0.1) is 5.82 Å². The lowest BCUT2D eigenvalue weighted by Crippen LogP contribution is -2.14. The molecule has 8 heteroatoms. The Hall–Kier alpha value is -2.97. The number of aromatic nitrogens is 2. The fourth-order valence-electron chi connectivity index (χ4n) is 3.21. The first-order valence-corrected chi connectivity index (χ1v) is 10.5. The zero-order chi connectivity index (χ0) is 21.0. The third kappa shape index (κ3) is 3.45. The monoisotopic (exact) mass is 413 g/mol. The first-order chi connectivity index (χ1) is 13.6. The van der Waals surface area contributed by atoms with E-state index < -0.39 is 10.0 Å². The van der Waals surface area contributed by atoms with E-state index in [1.807, 2.05) is 0 Å². The zero-order valence-electron chi connectivity index (χ0n) is 16.2. The molecule has 0 saturated carbocycles. The summed E-state index contributed by atoms with van der Waals surface area (Å²) in [4.78, 5) is 0.0165. The van der Waals surface area contributed by atoms with Crippen molar-refractivity contribution in [2.75, 3.05) is 0 Å². The zero-order valence-corrected chi connectivity index (χ0v) is 17.0. The first-order valence-electron chi connectivity index (χ1n) is 8.95. The van der Waals surface area contributed by atoms with Crippen LogP contribution in [0.2, 0.25) is 0 Å². The second-order valence-electron chi connectivity index (χ2n) is 7.89. The van der Waals surface area contributed by atoms with Gasteiger partial charge >= 0.3 is 0 Å². The minimum Gasteiger partial charge on any atom is -0.444 e. The van der Waals surface area contributed by atoms with Gasteiger partial charge in [-0.3, -0.25) is 0 Å². The van der Waals surface area contributed by atoms with Gasteiger partial charge in [0.25, 0.3) is 0 Å². The van der Waals surface area contributed by atoms with E-state index in [0.29, 0.717) is 22.5 Å². The quantitative estimate of drug-likeness (QED) is 0.541. The summed E-state index contributed by atoms with van der Waals surface area (Å²) in [5.41, 5.74) is 3.92. The maximum atomic E-state index is 13.5. The number of fused-ring (bicyclic) bond motifs is 1. The van der Waals surface area contributed by atoms with Gasteiger partial charge in [-0.1, -0.05) is 45.0 Å². The lowest BCUT2D eigenvalue weighted by molar-refractivity contribution is 0.542. The maximum absolute atomic E-state index is 13.5. The number of halogens is 1. The Morgan fingerprint density at radius 2 is 1.59 bits per heavy atom. The van der Waals surface area contributed by atoms with Crippen LogP contribution in [0.5, 0.6) is 0 Å². The summed E-state index contributed by atoms with van der Waals surface area (Å²) >= 11 is 0. The normalized spacial score (nSPS) is 12.6. The van der Waals surface area contributed by atoms with E-state index in [1.54, 1.807) is 35.0 Å². The van der Waals surface area contributed by atoms with Crippen LogP contribution in [-0.4, -0.2) is 18.0 Å². The van der Waals surface area contributed by atoms with Gasteiger partial charge in [0, 0.05) is 11.0 Å². The van der Waals surface area contributed by atoms with Crippen LogP contribution in [0.25, 0.3) is 28.1 Å². The van der Waals surface area contributed by atoms with Gasteiger partial charge in [0.05, 0.1) is 16.2 Å². The summed E-state index contributed by atoms with van der Waals surface area (Å²) in [7, 11) is -3.79. The van der Waals surface area contributed by atoms with Crippen LogP contribution >= 0.6 is 0 Å². The summed E-state index contributed by atoms with van der Waals surface area (Å²) in [5.74, 6) is -0.342. The molecule has 4 aromatic rings. The number of oxazole rings is 1. The van der Waals surface area contributed by atoms with Crippen molar-refractivity contribution in [1.29, 1.82) is 0 Å². The largest absolute Gasteiger partial charge is 0.444 e. The van der Waals surface area contributed by atoms with Gasteiger partial charge < -0.3 is 4.42 Å². The highest BCUT2D eigenvalue weighted by Gasteiger charge is 2.26. The number of hydrogen-bond acceptors (Lipinski definition) is 4. The third-order valence-electron chi connectivity index (χ3n) is 4.71. The van der Waals surface area contributed by atoms with E-state index in [4.69, 9.17) is 14.7 Å². The molecule has 150 valence electrons. The molecule has 0 saturated heterocycles. The SMILES string of the molecule is CC(C)(C)c1coc2c(-c3ccc(F)cc3)c(-c3ccc(S(N)(=O)=O)cc3)nn12. The molecule has 0 unspecified atom stereocenters. The molecule has 4 rings (SSSR count). The highest BCUT2D eigenvalue weighted by Crippen LogP contribution is 2.38. The van der Waals surface area contributed by atoms with Gasteiger partial charge in [0.2, 0.25) is 15.7 Å². The fourth-order valence-corrected chi connectivity index (χ4v) is 3.73. The Labute approximate surface area is 167 Å². The van der Waals surface area contributed by atoms with Crippen molar-refractivity contribution in [3.63, 3.8) is 0 Å². The lowest BCUT2D eigenvalue weighted by Gasteiger charge is -2.15. The highest BCUT2D eigenvalue weighted by molar-refractivity contribution is 7.89. The Balaban J connectivity index is 1.98. The molecule has 0 bridgehead atoms. The molecule has 29 heavy (non-hydrogen) atoms. The highest BCUT2D eigenvalue weighted by atomic mass is 32.2. The number of primary sulfonamides is 1. The Morgan fingerprint density at radius 1 is 1.00 bits per heavy atom. The lowest BCUT2D eigenvalue weighted by atomic mass is 9.93. The molecule has 2 N–H and O–H groups in total. The molecular formula is C21H20FN3O3S. The summed E-state index contributed by atoms with van der Waals surface area (Å²) < 4.78 is 44.2. The first kappa shape index (κ1) is 19.4. The van der Waals surface area contributed by atoms with Gasteiger partial charge in [-0.05, 0) is 29.8 Å². The van der Waals surface area contributed by atoms with Crippen LogP contribution in [-0.2, 0) is 15.4 Å². The number of rotatable bonds is 3. The van der Waals surface area contributed by atoms with Crippen molar-refractivity contribution >= 4 is 15.7 Å². The van der Waals surface area contributed by atoms with Crippen molar-refractivity contribution in [3.05, 3.63) is 66.3 Å². The van der Waals surface area contributed by atoms with Crippen molar-refractivity contribution < 1.29 is 17.2 Å². The third-order valence-corrected chi connectivity index (χ3v) is 5.64. The number of nitrogens with two attached hydrogens (primary N) is 1. The van der Waals surface area contributed by atoms with E-state index >= 15 is 0 Å². The fraction of sp³-hybridized carbons (Fsp3) is 0.190. The number of benzene rings is 2. The molecule has 0 spiro atoms. The molecule has 2 aromatic heterocycles.